The molecule has 0 aliphatic carbocycles. The summed E-state index contributed by atoms with van der Waals surface area (Å²) in [5.74, 6) is 0.558. The molecule has 1 heterocycles. The predicted molar refractivity (Wildman–Crippen MR) is 92.1 cm³/mol. The number of nitrogens with one attached hydrogen (secondary N) is 1. The van der Waals surface area contributed by atoms with Crippen molar-refractivity contribution in [1.82, 2.24) is 9.97 Å². The standard InChI is InChI=1S/C15H18N4O2.C2H6/c1-3-11(14(16)21)18-13-6-7-17-15(19-13)10-8-9(2)4-5-12(10)20;1-2/h4-8,11,20H,3H2,1-2H3,(H2,16,21)(H,17,18,19);1-2H3. The van der Waals surface area contributed by atoms with Gasteiger partial charge in [-0.25, -0.2) is 9.97 Å². The number of aromatic hydroxyl groups is 1. The molecule has 0 aliphatic rings. The number of benzene rings is 1. The zero-order valence-corrected chi connectivity index (χ0v) is 14.0. The first-order valence-corrected chi connectivity index (χ1v) is 7.70. The lowest BCUT2D eigenvalue weighted by molar-refractivity contribution is -0.118. The van der Waals surface area contributed by atoms with Gasteiger partial charge in [-0.15, -0.1) is 0 Å². The molecule has 1 unspecified atom stereocenters. The van der Waals surface area contributed by atoms with E-state index in [4.69, 9.17) is 5.73 Å². The summed E-state index contributed by atoms with van der Waals surface area (Å²) in [7, 11) is 0. The molecule has 2 rings (SSSR count). The molecule has 6 heteroatoms. The Balaban J connectivity index is 0.00000127. The molecule has 1 amide bonds. The van der Waals surface area contributed by atoms with Gasteiger partial charge in [-0.3, -0.25) is 4.79 Å². The number of primary amides is 1. The molecule has 124 valence electrons. The lowest BCUT2D eigenvalue weighted by atomic mass is 10.1. The van der Waals surface area contributed by atoms with E-state index in [1.54, 1.807) is 30.5 Å². The maximum atomic E-state index is 11.3. The third kappa shape index (κ3) is 4.95. The highest BCUT2D eigenvalue weighted by Crippen LogP contribution is 2.27. The van der Waals surface area contributed by atoms with Gasteiger partial charge in [0.15, 0.2) is 5.82 Å². The van der Waals surface area contributed by atoms with Crippen LogP contribution in [-0.2, 0) is 4.79 Å². The zero-order chi connectivity index (χ0) is 17.4. The number of nitrogens with two attached hydrogens (primary N) is 1. The van der Waals surface area contributed by atoms with Crippen LogP contribution in [-0.4, -0.2) is 27.0 Å². The largest absolute Gasteiger partial charge is 0.507 e. The van der Waals surface area contributed by atoms with Crippen molar-refractivity contribution in [3.05, 3.63) is 36.0 Å². The number of hydrogen-bond acceptors (Lipinski definition) is 5. The quantitative estimate of drug-likeness (QED) is 0.787. The third-order valence-electron chi connectivity index (χ3n) is 3.12. The molecule has 1 aromatic heterocycles. The summed E-state index contributed by atoms with van der Waals surface area (Å²) in [5, 5.41) is 12.9. The fourth-order valence-electron chi connectivity index (χ4n) is 1.95. The van der Waals surface area contributed by atoms with Crippen LogP contribution in [0, 0.1) is 6.92 Å². The summed E-state index contributed by atoms with van der Waals surface area (Å²) in [6.07, 6.45) is 2.13. The fraction of sp³-hybridized carbons (Fsp3) is 0.353. The molecule has 6 nitrogen and oxygen atoms in total. The minimum absolute atomic E-state index is 0.111. The first-order valence-electron chi connectivity index (χ1n) is 7.70. The van der Waals surface area contributed by atoms with Crippen LogP contribution < -0.4 is 11.1 Å². The van der Waals surface area contributed by atoms with E-state index >= 15 is 0 Å². The Morgan fingerprint density at radius 3 is 2.65 bits per heavy atom. The fourth-order valence-corrected chi connectivity index (χ4v) is 1.95. The van der Waals surface area contributed by atoms with E-state index < -0.39 is 11.9 Å². The highest BCUT2D eigenvalue weighted by atomic mass is 16.3. The summed E-state index contributed by atoms with van der Waals surface area (Å²) in [6, 6.07) is 6.38. The minimum atomic E-state index is -0.487. The number of hydrogen-bond donors (Lipinski definition) is 3. The Labute approximate surface area is 136 Å². The second-order valence-electron chi connectivity index (χ2n) is 4.79. The van der Waals surface area contributed by atoms with Gasteiger partial charge in [0.1, 0.15) is 17.6 Å². The first-order chi connectivity index (χ1) is 11.0. The average Bonchev–Trinajstić information content (AvgIpc) is 2.56. The molecule has 0 saturated heterocycles. The van der Waals surface area contributed by atoms with Crippen LogP contribution in [0.5, 0.6) is 5.75 Å². The normalized spacial score (nSPS) is 11.1. The number of aromatic nitrogens is 2. The van der Waals surface area contributed by atoms with Crippen LogP contribution in [0.3, 0.4) is 0 Å². The highest BCUT2D eigenvalue weighted by molar-refractivity contribution is 5.82. The monoisotopic (exact) mass is 316 g/mol. The molecule has 23 heavy (non-hydrogen) atoms. The van der Waals surface area contributed by atoms with Gasteiger partial charge in [0.05, 0.1) is 5.56 Å². The SMILES string of the molecule is CC.CCC(Nc1ccnc(-c2cc(C)ccc2O)n1)C(N)=O. The summed E-state index contributed by atoms with van der Waals surface area (Å²) in [6.45, 7) is 7.78. The van der Waals surface area contributed by atoms with Gasteiger partial charge in [-0.2, -0.15) is 0 Å². The number of phenolic OH excluding ortho intramolecular Hbond substituents is 1. The smallest absolute Gasteiger partial charge is 0.239 e. The predicted octanol–water partition coefficient (Wildman–Crippen LogP) is 2.86. The molecule has 0 fully saturated rings. The van der Waals surface area contributed by atoms with Crippen molar-refractivity contribution >= 4 is 11.7 Å². The Kier molecular flexibility index (Phi) is 6.99. The van der Waals surface area contributed by atoms with Gasteiger partial charge in [0, 0.05) is 6.20 Å². The summed E-state index contributed by atoms with van der Waals surface area (Å²) < 4.78 is 0. The van der Waals surface area contributed by atoms with Crippen LogP contribution in [0.15, 0.2) is 30.5 Å². The van der Waals surface area contributed by atoms with E-state index in [2.05, 4.69) is 15.3 Å². The van der Waals surface area contributed by atoms with Crippen molar-refractivity contribution < 1.29 is 9.90 Å². The van der Waals surface area contributed by atoms with Crippen LogP contribution in [0.25, 0.3) is 11.4 Å². The Hall–Kier alpha value is -2.63. The number of anilines is 1. The Morgan fingerprint density at radius 1 is 1.35 bits per heavy atom. The molecule has 0 saturated carbocycles. The lowest BCUT2D eigenvalue weighted by Crippen LogP contribution is -2.35. The van der Waals surface area contributed by atoms with Crippen molar-refractivity contribution in [1.29, 1.82) is 0 Å². The molecule has 0 spiro atoms. The number of carbonyl (C=O) groups is 1. The van der Waals surface area contributed by atoms with Gasteiger partial charge in [-0.1, -0.05) is 32.4 Å². The maximum Gasteiger partial charge on any atom is 0.239 e. The number of rotatable bonds is 5. The van der Waals surface area contributed by atoms with Crippen LogP contribution in [0.1, 0.15) is 32.8 Å². The average molecular weight is 316 g/mol. The minimum Gasteiger partial charge on any atom is -0.507 e. The second-order valence-corrected chi connectivity index (χ2v) is 4.79. The Bertz CT molecular complexity index is 659. The summed E-state index contributed by atoms with van der Waals surface area (Å²) >= 11 is 0. The molecule has 1 atom stereocenters. The topological polar surface area (TPSA) is 101 Å². The van der Waals surface area contributed by atoms with Crippen molar-refractivity contribution in [2.24, 2.45) is 5.73 Å². The van der Waals surface area contributed by atoms with Gasteiger partial charge in [0.25, 0.3) is 0 Å². The van der Waals surface area contributed by atoms with E-state index in [0.29, 0.717) is 23.6 Å². The molecular formula is C17H24N4O2. The molecule has 0 bridgehead atoms. The van der Waals surface area contributed by atoms with Crippen LogP contribution in [0.2, 0.25) is 0 Å². The van der Waals surface area contributed by atoms with Gasteiger partial charge in [-0.05, 0) is 31.5 Å². The second kappa shape index (κ2) is 8.73. The van der Waals surface area contributed by atoms with Gasteiger partial charge in [0.2, 0.25) is 5.91 Å². The maximum absolute atomic E-state index is 11.3. The Morgan fingerprint density at radius 2 is 2.04 bits per heavy atom. The van der Waals surface area contributed by atoms with Crippen molar-refractivity contribution in [2.45, 2.75) is 40.2 Å². The van der Waals surface area contributed by atoms with Crippen LogP contribution >= 0.6 is 0 Å². The van der Waals surface area contributed by atoms with E-state index in [0.717, 1.165) is 5.56 Å². The molecule has 0 aliphatic heterocycles. The molecule has 4 N–H and O–H groups in total. The number of nitrogens with zero attached hydrogens (tertiary/aromatic N) is 2. The lowest BCUT2D eigenvalue weighted by Gasteiger charge is -2.14. The number of phenols is 1. The van der Waals surface area contributed by atoms with E-state index in [1.165, 1.54) is 0 Å². The molecule has 2 aromatic rings. The van der Waals surface area contributed by atoms with Crippen molar-refractivity contribution in [3.8, 4) is 17.1 Å². The molecule has 1 aromatic carbocycles. The molecular weight excluding hydrogens is 292 g/mol. The van der Waals surface area contributed by atoms with Crippen molar-refractivity contribution in [2.75, 3.05) is 5.32 Å². The van der Waals surface area contributed by atoms with Gasteiger partial charge >= 0.3 is 0 Å². The summed E-state index contributed by atoms with van der Waals surface area (Å²) in [5.41, 5.74) is 6.84. The molecule has 0 radical (unpaired) electrons. The highest BCUT2D eigenvalue weighted by Gasteiger charge is 2.14. The zero-order valence-electron chi connectivity index (χ0n) is 14.0. The van der Waals surface area contributed by atoms with E-state index in [-0.39, 0.29) is 5.75 Å². The van der Waals surface area contributed by atoms with E-state index in [9.17, 15) is 9.90 Å². The van der Waals surface area contributed by atoms with Crippen LogP contribution in [0.4, 0.5) is 5.82 Å². The number of amides is 1. The van der Waals surface area contributed by atoms with Gasteiger partial charge < -0.3 is 16.2 Å². The number of carbonyl (C=O) groups excluding carboxylic acids is 1. The first kappa shape index (κ1) is 18.4. The van der Waals surface area contributed by atoms with Crippen molar-refractivity contribution in [3.63, 3.8) is 0 Å². The summed E-state index contributed by atoms with van der Waals surface area (Å²) in [4.78, 5) is 19.8. The number of aryl methyl sites for hydroxylation is 1. The third-order valence-corrected chi connectivity index (χ3v) is 3.12. The van der Waals surface area contributed by atoms with E-state index in [1.807, 2.05) is 27.7 Å².